The fourth-order valence-corrected chi connectivity index (χ4v) is 1.77. The number of amides is 2. The predicted octanol–water partition coefficient (Wildman–Crippen LogP) is -0.594. The van der Waals surface area contributed by atoms with E-state index in [0.717, 1.165) is 0 Å². The molecule has 21 heavy (non-hydrogen) atoms. The maximum absolute atomic E-state index is 12.0. The molecule has 110 valence electrons. The van der Waals surface area contributed by atoms with Gasteiger partial charge in [-0.3, -0.25) is 9.59 Å². The number of carbonyl (C=O) groups is 3. The quantitative estimate of drug-likeness (QED) is 0.558. The zero-order valence-corrected chi connectivity index (χ0v) is 10.9. The first-order chi connectivity index (χ1) is 9.97. The number of hydrogen-bond acceptors (Lipinski definition) is 5. The molecule has 1 aromatic carbocycles. The van der Waals surface area contributed by atoms with Gasteiger partial charge in [-0.1, -0.05) is 0 Å². The lowest BCUT2D eigenvalue weighted by atomic mass is 10.1. The van der Waals surface area contributed by atoms with Crippen molar-refractivity contribution in [2.45, 2.75) is 18.9 Å². The highest BCUT2D eigenvalue weighted by Crippen LogP contribution is 2.11. The number of primary amides is 1. The first-order valence-electron chi connectivity index (χ1n) is 6.10. The minimum Gasteiger partial charge on any atom is -0.480 e. The zero-order chi connectivity index (χ0) is 15.4. The Kier molecular flexibility index (Phi) is 4.12. The Morgan fingerprint density at radius 3 is 2.67 bits per heavy atom. The van der Waals surface area contributed by atoms with Gasteiger partial charge in [-0.05, 0) is 24.6 Å². The maximum Gasteiger partial charge on any atom is 0.326 e. The fourth-order valence-electron chi connectivity index (χ4n) is 1.77. The SMILES string of the molecule is NC(=O)CC[C@H](NC(=O)c1ccc2n[nH]nc2c1)C(=O)O. The van der Waals surface area contributed by atoms with Gasteiger partial charge >= 0.3 is 5.97 Å². The van der Waals surface area contributed by atoms with Crippen molar-refractivity contribution in [2.75, 3.05) is 0 Å². The van der Waals surface area contributed by atoms with Crippen molar-refractivity contribution >= 4 is 28.8 Å². The van der Waals surface area contributed by atoms with Crippen LogP contribution in [0.1, 0.15) is 23.2 Å². The molecular formula is C12H13N5O4. The zero-order valence-electron chi connectivity index (χ0n) is 10.9. The van der Waals surface area contributed by atoms with E-state index >= 15 is 0 Å². The number of aliphatic carboxylic acids is 1. The number of nitrogens with zero attached hydrogens (tertiary/aromatic N) is 2. The van der Waals surface area contributed by atoms with E-state index in [1.165, 1.54) is 12.1 Å². The van der Waals surface area contributed by atoms with Crippen molar-refractivity contribution in [2.24, 2.45) is 5.73 Å². The number of nitrogens with two attached hydrogens (primary N) is 1. The molecule has 9 nitrogen and oxygen atoms in total. The Bertz CT molecular complexity index is 696. The van der Waals surface area contributed by atoms with Crippen LogP contribution in [0.4, 0.5) is 0 Å². The highest BCUT2D eigenvalue weighted by atomic mass is 16.4. The largest absolute Gasteiger partial charge is 0.480 e. The summed E-state index contributed by atoms with van der Waals surface area (Å²) >= 11 is 0. The first kappa shape index (κ1) is 14.4. The number of fused-ring (bicyclic) bond motifs is 1. The number of carboxylic acid groups (broad SMARTS) is 1. The van der Waals surface area contributed by atoms with E-state index < -0.39 is 23.8 Å². The molecule has 0 bridgehead atoms. The van der Waals surface area contributed by atoms with Crippen LogP contribution in [0, 0.1) is 0 Å². The lowest BCUT2D eigenvalue weighted by Crippen LogP contribution is -2.41. The van der Waals surface area contributed by atoms with Crippen molar-refractivity contribution in [3.63, 3.8) is 0 Å². The van der Waals surface area contributed by atoms with Gasteiger partial charge in [-0.2, -0.15) is 15.4 Å². The van der Waals surface area contributed by atoms with Crippen LogP contribution in [0.2, 0.25) is 0 Å². The van der Waals surface area contributed by atoms with Gasteiger partial charge in [-0.25, -0.2) is 4.79 Å². The van der Waals surface area contributed by atoms with E-state index in [9.17, 15) is 14.4 Å². The van der Waals surface area contributed by atoms with Crippen LogP contribution in [-0.4, -0.2) is 44.3 Å². The van der Waals surface area contributed by atoms with Gasteiger partial charge in [0.25, 0.3) is 5.91 Å². The van der Waals surface area contributed by atoms with Crippen molar-refractivity contribution in [3.05, 3.63) is 23.8 Å². The second-order valence-electron chi connectivity index (χ2n) is 4.40. The molecule has 1 aromatic heterocycles. The normalized spacial score (nSPS) is 12.0. The van der Waals surface area contributed by atoms with E-state index in [1.807, 2.05) is 0 Å². The molecular weight excluding hydrogens is 278 g/mol. The van der Waals surface area contributed by atoms with Crippen LogP contribution in [0.5, 0.6) is 0 Å². The highest BCUT2D eigenvalue weighted by molar-refractivity contribution is 5.99. The molecule has 0 aliphatic carbocycles. The van der Waals surface area contributed by atoms with Gasteiger partial charge in [0.15, 0.2) is 0 Å². The standard InChI is InChI=1S/C12H13N5O4/c13-10(18)4-3-8(12(20)21)14-11(19)6-1-2-7-9(5-6)16-17-15-7/h1-2,5,8H,3-4H2,(H2,13,18)(H,14,19)(H,20,21)(H,15,16,17)/t8-/m0/s1. The van der Waals surface area contributed by atoms with Crippen LogP contribution >= 0.6 is 0 Å². The summed E-state index contributed by atoms with van der Waals surface area (Å²) in [6, 6.07) is 3.40. The Balaban J connectivity index is 2.10. The predicted molar refractivity (Wildman–Crippen MR) is 71.2 cm³/mol. The number of aromatic nitrogens is 3. The number of nitrogens with one attached hydrogen (secondary N) is 2. The van der Waals surface area contributed by atoms with Gasteiger partial charge in [0, 0.05) is 12.0 Å². The summed E-state index contributed by atoms with van der Waals surface area (Å²) in [4.78, 5) is 33.8. The summed E-state index contributed by atoms with van der Waals surface area (Å²) in [6.07, 6.45) is -0.192. The molecule has 9 heteroatoms. The topological polar surface area (TPSA) is 151 Å². The Labute approximate surface area is 118 Å². The van der Waals surface area contributed by atoms with Crippen LogP contribution in [0.25, 0.3) is 11.0 Å². The van der Waals surface area contributed by atoms with E-state index in [2.05, 4.69) is 20.7 Å². The molecule has 0 unspecified atom stereocenters. The third kappa shape index (κ3) is 3.53. The second kappa shape index (κ2) is 5.99. The van der Waals surface area contributed by atoms with Crippen LogP contribution in [-0.2, 0) is 9.59 Å². The van der Waals surface area contributed by atoms with Gasteiger partial charge in [0.2, 0.25) is 5.91 Å². The molecule has 1 atom stereocenters. The number of carbonyl (C=O) groups excluding carboxylic acids is 2. The van der Waals surface area contributed by atoms with E-state index in [1.54, 1.807) is 6.07 Å². The third-order valence-corrected chi connectivity index (χ3v) is 2.86. The summed E-state index contributed by atoms with van der Waals surface area (Å²) in [5.74, 6) is -2.43. The highest BCUT2D eigenvalue weighted by Gasteiger charge is 2.21. The second-order valence-corrected chi connectivity index (χ2v) is 4.40. The molecule has 0 aliphatic rings. The molecule has 0 saturated heterocycles. The lowest BCUT2D eigenvalue weighted by molar-refractivity contribution is -0.139. The minimum atomic E-state index is -1.23. The smallest absolute Gasteiger partial charge is 0.326 e. The average molecular weight is 291 g/mol. The van der Waals surface area contributed by atoms with Crippen molar-refractivity contribution in [3.8, 4) is 0 Å². The molecule has 0 aliphatic heterocycles. The Morgan fingerprint density at radius 1 is 1.29 bits per heavy atom. The van der Waals surface area contributed by atoms with E-state index in [0.29, 0.717) is 11.0 Å². The van der Waals surface area contributed by atoms with E-state index in [-0.39, 0.29) is 18.4 Å². The van der Waals surface area contributed by atoms with Crippen molar-refractivity contribution < 1.29 is 19.5 Å². The number of hydrogen-bond donors (Lipinski definition) is 4. The molecule has 0 saturated carbocycles. The molecule has 0 radical (unpaired) electrons. The summed E-state index contributed by atoms with van der Waals surface area (Å²) < 4.78 is 0. The van der Waals surface area contributed by atoms with Crippen LogP contribution in [0.3, 0.4) is 0 Å². The number of carboxylic acids is 1. The monoisotopic (exact) mass is 291 g/mol. The summed E-state index contributed by atoms with van der Waals surface area (Å²) in [5, 5.41) is 21.5. The lowest BCUT2D eigenvalue weighted by Gasteiger charge is -2.13. The average Bonchev–Trinajstić information content (AvgIpc) is 2.89. The first-order valence-corrected chi connectivity index (χ1v) is 6.10. The number of benzene rings is 1. The molecule has 2 rings (SSSR count). The molecule has 5 N–H and O–H groups in total. The molecule has 0 spiro atoms. The Morgan fingerprint density at radius 2 is 2.00 bits per heavy atom. The number of rotatable bonds is 6. The molecule has 2 amide bonds. The third-order valence-electron chi connectivity index (χ3n) is 2.86. The fraction of sp³-hybridized carbons (Fsp3) is 0.250. The maximum atomic E-state index is 12.0. The molecule has 1 heterocycles. The van der Waals surface area contributed by atoms with Crippen molar-refractivity contribution in [1.29, 1.82) is 0 Å². The van der Waals surface area contributed by atoms with Crippen LogP contribution in [0.15, 0.2) is 18.2 Å². The summed E-state index contributed by atoms with van der Waals surface area (Å²) in [7, 11) is 0. The van der Waals surface area contributed by atoms with Gasteiger partial charge in [-0.15, -0.1) is 0 Å². The van der Waals surface area contributed by atoms with Gasteiger partial charge in [0.1, 0.15) is 17.1 Å². The minimum absolute atomic E-state index is 0.0669. The van der Waals surface area contributed by atoms with Crippen molar-refractivity contribution in [1.82, 2.24) is 20.7 Å². The number of aromatic amines is 1. The molecule has 0 fully saturated rings. The summed E-state index contributed by atoms with van der Waals surface area (Å²) in [6.45, 7) is 0. The van der Waals surface area contributed by atoms with Gasteiger partial charge in [0.05, 0.1) is 0 Å². The van der Waals surface area contributed by atoms with Gasteiger partial charge < -0.3 is 16.2 Å². The van der Waals surface area contributed by atoms with E-state index in [4.69, 9.17) is 10.8 Å². The molecule has 2 aromatic rings. The summed E-state index contributed by atoms with van der Waals surface area (Å²) in [5.41, 5.74) is 6.31. The Hall–Kier alpha value is -2.97. The van der Waals surface area contributed by atoms with Crippen LogP contribution < -0.4 is 11.1 Å². The number of H-pyrrole nitrogens is 1.